The number of nitriles is 1. The maximum atomic E-state index is 13.4. The van der Waals surface area contributed by atoms with Crippen molar-refractivity contribution in [3.05, 3.63) is 23.5 Å². The number of nitrogens with zero attached hydrogens (tertiary/aromatic N) is 2. The van der Waals surface area contributed by atoms with Crippen LogP contribution in [-0.2, 0) is 0 Å². The molecule has 0 unspecified atom stereocenters. The Morgan fingerprint density at radius 1 is 1.65 bits per heavy atom. The number of nitrogen functional groups attached to an aromatic ring is 1. The molecule has 0 saturated carbocycles. The van der Waals surface area contributed by atoms with Crippen molar-refractivity contribution in [2.24, 2.45) is 0 Å². The van der Waals surface area contributed by atoms with E-state index in [-0.39, 0.29) is 12.1 Å². The lowest BCUT2D eigenvalue weighted by Gasteiger charge is -2.20. The van der Waals surface area contributed by atoms with E-state index in [1.807, 2.05) is 6.07 Å². The van der Waals surface area contributed by atoms with Gasteiger partial charge in [-0.25, -0.2) is 9.18 Å². The number of rotatable bonds is 4. The third-order valence-electron chi connectivity index (χ3n) is 2.32. The van der Waals surface area contributed by atoms with Crippen molar-refractivity contribution in [2.45, 2.75) is 6.42 Å². The number of halogens is 1. The molecule has 3 N–H and O–H groups in total. The molecule has 0 spiro atoms. The molecule has 90 valence electrons. The molecule has 0 bridgehead atoms. The maximum Gasteiger partial charge on any atom is 0.338 e. The monoisotopic (exact) mass is 237 g/mol. The van der Waals surface area contributed by atoms with E-state index in [0.717, 1.165) is 12.1 Å². The zero-order valence-corrected chi connectivity index (χ0v) is 9.27. The van der Waals surface area contributed by atoms with Crippen molar-refractivity contribution in [1.82, 2.24) is 0 Å². The van der Waals surface area contributed by atoms with Gasteiger partial charge in [0.1, 0.15) is 5.82 Å². The van der Waals surface area contributed by atoms with Gasteiger partial charge in [0.05, 0.1) is 29.4 Å². The van der Waals surface area contributed by atoms with Crippen molar-refractivity contribution < 1.29 is 14.3 Å². The fourth-order valence-electron chi connectivity index (χ4n) is 1.41. The van der Waals surface area contributed by atoms with E-state index in [1.54, 1.807) is 11.9 Å². The fourth-order valence-corrected chi connectivity index (χ4v) is 1.41. The van der Waals surface area contributed by atoms with Gasteiger partial charge in [0.25, 0.3) is 0 Å². The third-order valence-corrected chi connectivity index (χ3v) is 2.32. The number of anilines is 2. The van der Waals surface area contributed by atoms with E-state index in [9.17, 15) is 9.18 Å². The molecule has 0 aliphatic rings. The van der Waals surface area contributed by atoms with Crippen LogP contribution < -0.4 is 10.6 Å². The first kappa shape index (κ1) is 12.8. The molecule has 0 radical (unpaired) electrons. The van der Waals surface area contributed by atoms with E-state index in [1.165, 1.54) is 0 Å². The molecule has 1 aromatic carbocycles. The van der Waals surface area contributed by atoms with Crippen LogP contribution in [0.3, 0.4) is 0 Å². The summed E-state index contributed by atoms with van der Waals surface area (Å²) in [5, 5.41) is 17.2. The minimum atomic E-state index is -1.36. The van der Waals surface area contributed by atoms with E-state index in [2.05, 4.69) is 0 Å². The molecule has 0 aromatic heterocycles. The van der Waals surface area contributed by atoms with Gasteiger partial charge in [0, 0.05) is 19.7 Å². The molecule has 0 fully saturated rings. The molecular formula is C11H12FN3O2. The summed E-state index contributed by atoms with van der Waals surface area (Å²) in [7, 11) is 1.66. The Bertz CT molecular complexity index is 482. The molecule has 6 heteroatoms. The first-order valence-corrected chi connectivity index (χ1v) is 4.87. The number of hydrogen-bond acceptors (Lipinski definition) is 4. The van der Waals surface area contributed by atoms with Crippen LogP contribution in [0, 0.1) is 17.1 Å². The van der Waals surface area contributed by atoms with E-state index in [4.69, 9.17) is 16.1 Å². The van der Waals surface area contributed by atoms with Crippen LogP contribution in [0.15, 0.2) is 12.1 Å². The molecule has 0 atom stereocenters. The summed E-state index contributed by atoms with van der Waals surface area (Å²) in [6, 6.07) is 4.11. The Balaban J connectivity index is 3.07. The van der Waals surface area contributed by atoms with E-state index < -0.39 is 17.3 Å². The van der Waals surface area contributed by atoms with Gasteiger partial charge in [-0.05, 0) is 6.07 Å². The summed E-state index contributed by atoms with van der Waals surface area (Å²) in [4.78, 5) is 12.3. The normalized spacial score (nSPS) is 9.71. The summed E-state index contributed by atoms with van der Waals surface area (Å²) in [6.45, 7) is 0.395. The Kier molecular flexibility index (Phi) is 3.88. The summed E-state index contributed by atoms with van der Waals surface area (Å²) in [5.74, 6) is -2.20. The zero-order chi connectivity index (χ0) is 13.0. The number of benzene rings is 1. The van der Waals surface area contributed by atoms with Crippen LogP contribution in [0.2, 0.25) is 0 Å². The highest BCUT2D eigenvalue weighted by molar-refractivity contribution is 5.90. The van der Waals surface area contributed by atoms with Gasteiger partial charge < -0.3 is 15.7 Å². The Morgan fingerprint density at radius 2 is 2.29 bits per heavy atom. The van der Waals surface area contributed by atoms with Crippen molar-refractivity contribution in [2.75, 3.05) is 24.2 Å². The predicted molar refractivity (Wildman–Crippen MR) is 61.3 cm³/mol. The van der Waals surface area contributed by atoms with Gasteiger partial charge in [-0.3, -0.25) is 0 Å². The summed E-state index contributed by atoms with van der Waals surface area (Å²) < 4.78 is 13.4. The van der Waals surface area contributed by atoms with Crippen LogP contribution in [0.4, 0.5) is 15.8 Å². The molecule has 17 heavy (non-hydrogen) atoms. The molecule has 0 saturated heterocycles. The SMILES string of the molecule is CN(CCC#N)c1cc(F)c(C(=O)O)cc1N. The van der Waals surface area contributed by atoms with Crippen LogP contribution in [0.5, 0.6) is 0 Å². The molecule has 1 aromatic rings. The number of nitrogens with two attached hydrogens (primary N) is 1. The van der Waals surface area contributed by atoms with Gasteiger partial charge in [-0.2, -0.15) is 5.26 Å². The number of carboxylic acids is 1. The molecule has 0 heterocycles. The highest BCUT2D eigenvalue weighted by atomic mass is 19.1. The van der Waals surface area contributed by atoms with Gasteiger partial charge in [0.2, 0.25) is 0 Å². The highest BCUT2D eigenvalue weighted by Crippen LogP contribution is 2.26. The first-order chi connectivity index (χ1) is 7.97. The minimum Gasteiger partial charge on any atom is -0.478 e. The van der Waals surface area contributed by atoms with Crippen LogP contribution in [-0.4, -0.2) is 24.7 Å². The molecule has 0 amide bonds. The number of hydrogen-bond donors (Lipinski definition) is 2. The minimum absolute atomic E-state index is 0.171. The summed E-state index contributed by atoms with van der Waals surface area (Å²) >= 11 is 0. The summed E-state index contributed by atoms with van der Waals surface area (Å²) in [5.41, 5.74) is 5.74. The van der Waals surface area contributed by atoms with E-state index >= 15 is 0 Å². The average molecular weight is 237 g/mol. The van der Waals surface area contributed by atoms with Gasteiger partial charge in [-0.15, -0.1) is 0 Å². The second-order valence-corrected chi connectivity index (χ2v) is 3.53. The standard InChI is InChI=1S/C11H12FN3O2/c1-15(4-2-3-13)10-6-8(12)7(11(16)17)5-9(10)14/h5-6H,2,4,14H2,1H3,(H,16,17). The topological polar surface area (TPSA) is 90.3 Å². The van der Waals surface area contributed by atoms with Crippen molar-refractivity contribution in [3.63, 3.8) is 0 Å². The molecule has 0 aliphatic carbocycles. The lowest BCUT2D eigenvalue weighted by atomic mass is 10.1. The predicted octanol–water partition coefficient (Wildman–Crippen LogP) is 1.46. The third kappa shape index (κ3) is 2.84. The number of carboxylic acid groups (broad SMARTS) is 1. The molecular weight excluding hydrogens is 225 g/mol. The maximum absolute atomic E-state index is 13.4. The lowest BCUT2D eigenvalue weighted by Crippen LogP contribution is -2.20. The Hall–Kier alpha value is -2.29. The second kappa shape index (κ2) is 5.16. The van der Waals surface area contributed by atoms with Crippen LogP contribution >= 0.6 is 0 Å². The summed E-state index contributed by atoms with van der Waals surface area (Å²) in [6.07, 6.45) is 0.276. The molecule has 5 nitrogen and oxygen atoms in total. The first-order valence-electron chi connectivity index (χ1n) is 4.87. The van der Waals surface area contributed by atoms with Crippen LogP contribution in [0.1, 0.15) is 16.8 Å². The lowest BCUT2D eigenvalue weighted by molar-refractivity contribution is 0.0692. The van der Waals surface area contributed by atoms with Gasteiger partial charge in [-0.1, -0.05) is 0 Å². The molecule has 0 aliphatic heterocycles. The van der Waals surface area contributed by atoms with Crippen molar-refractivity contribution in [3.8, 4) is 6.07 Å². The van der Waals surface area contributed by atoms with Crippen molar-refractivity contribution >= 4 is 17.3 Å². The smallest absolute Gasteiger partial charge is 0.338 e. The van der Waals surface area contributed by atoms with Crippen LogP contribution in [0.25, 0.3) is 0 Å². The average Bonchev–Trinajstić information content (AvgIpc) is 2.28. The van der Waals surface area contributed by atoms with Gasteiger partial charge >= 0.3 is 5.97 Å². The zero-order valence-electron chi connectivity index (χ0n) is 9.27. The van der Waals surface area contributed by atoms with Crippen molar-refractivity contribution in [1.29, 1.82) is 5.26 Å². The van der Waals surface area contributed by atoms with Gasteiger partial charge in [0.15, 0.2) is 0 Å². The van der Waals surface area contributed by atoms with E-state index in [0.29, 0.717) is 12.2 Å². The quantitative estimate of drug-likeness (QED) is 0.773. The molecule has 1 rings (SSSR count). The number of carbonyl (C=O) groups is 1. The Morgan fingerprint density at radius 3 is 2.82 bits per heavy atom. The highest BCUT2D eigenvalue weighted by Gasteiger charge is 2.15. The second-order valence-electron chi connectivity index (χ2n) is 3.53. The Labute approximate surface area is 97.9 Å². The largest absolute Gasteiger partial charge is 0.478 e. The number of aromatic carboxylic acids is 1. The fraction of sp³-hybridized carbons (Fsp3) is 0.273.